The fourth-order valence-electron chi connectivity index (χ4n) is 2.65. The zero-order valence-electron chi connectivity index (χ0n) is 12.0. The molecule has 19 heavy (non-hydrogen) atoms. The van der Waals surface area contributed by atoms with Gasteiger partial charge in [-0.1, -0.05) is 32.0 Å². The lowest BCUT2D eigenvalue weighted by molar-refractivity contribution is 0.0921. The van der Waals surface area contributed by atoms with Crippen LogP contribution in [0.1, 0.15) is 42.6 Å². The van der Waals surface area contributed by atoms with Crippen molar-refractivity contribution in [2.45, 2.75) is 33.1 Å². The number of piperidine rings is 1. The minimum absolute atomic E-state index is 0.0669. The topological polar surface area (TPSA) is 41.1 Å². The molecule has 2 N–H and O–H groups in total. The van der Waals surface area contributed by atoms with Gasteiger partial charge < -0.3 is 10.6 Å². The lowest BCUT2D eigenvalue weighted by Crippen LogP contribution is -2.43. The molecule has 1 aliphatic heterocycles. The van der Waals surface area contributed by atoms with Crippen LogP contribution >= 0.6 is 0 Å². The Hall–Kier alpha value is -1.35. The number of rotatable bonds is 4. The number of carbonyl (C=O) groups is 1. The number of aryl methyl sites for hydroxylation is 1. The maximum atomic E-state index is 12.3. The number of hydrogen-bond acceptors (Lipinski definition) is 2. The van der Waals surface area contributed by atoms with E-state index < -0.39 is 0 Å². The summed E-state index contributed by atoms with van der Waals surface area (Å²) in [6, 6.07) is 7.87. The van der Waals surface area contributed by atoms with Gasteiger partial charge in [-0.2, -0.15) is 0 Å². The fourth-order valence-corrected chi connectivity index (χ4v) is 2.65. The van der Waals surface area contributed by atoms with E-state index in [9.17, 15) is 4.79 Å². The number of nitrogens with one attached hydrogen (secondary N) is 2. The zero-order chi connectivity index (χ0) is 13.7. The molecule has 0 bridgehead atoms. The summed E-state index contributed by atoms with van der Waals surface area (Å²) in [4.78, 5) is 12.3. The minimum atomic E-state index is 0.0669. The molecule has 1 fully saturated rings. The Balaban J connectivity index is 1.97. The van der Waals surface area contributed by atoms with E-state index in [0.29, 0.717) is 0 Å². The summed E-state index contributed by atoms with van der Waals surface area (Å²) in [7, 11) is 0. The second-order valence-electron chi connectivity index (χ2n) is 5.75. The van der Waals surface area contributed by atoms with E-state index >= 15 is 0 Å². The number of benzene rings is 1. The molecule has 0 aliphatic carbocycles. The summed E-state index contributed by atoms with van der Waals surface area (Å²) in [6.45, 7) is 7.22. The molecule has 1 aromatic carbocycles. The van der Waals surface area contributed by atoms with Gasteiger partial charge in [0.05, 0.1) is 0 Å². The number of carbonyl (C=O) groups excluding carboxylic acids is 1. The molecule has 1 amide bonds. The van der Waals surface area contributed by atoms with Crippen LogP contribution in [0.25, 0.3) is 0 Å². The van der Waals surface area contributed by atoms with Gasteiger partial charge in [0.1, 0.15) is 0 Å². The second kappa shape index (κ2) is 6.20. The van der Waals surface area contributed by atoms with Crippen molar-refractivity contribution < 1.29 is 4.79 Å². The minimum Gasteiger partial charge on any atom is -0.351 e. The predicted molar refractivity (Wildman–Crippen MR) is 78.4 cm³/mol. The van der Waals surface area contributed by atoms with Gasteiger partial charge >= 0.3 is 0 Å². The van der Waals surface area contributed by atoms with Crippen molar-refractivity contribution >= 4 is 5.91 Å². The Labute approximate surface area is 115 Å². The largest absolute Gasteiger partial charge is 0.351 e. The van der Waals surface area contributed by atoms with Crippen LogP contribution in [0.3, 0.4) is 0 Å². The van der Waals surface area contributed by atoms with Gasteiger partial charge in [0, 0.05) is 12.1 Å². The van der Waals surface area contributed by atoms with Crippen molar-refractivity contribution in [1.29, 1.82) is 0 Å². The van der Waals surface area contributed by atoms with Crippen LogP contribution in [-0.2, 0) is 6.42 Å². The Morgan fingerprint density at radius 2 is 2.00 bits per heavy atom. The smallest absolute Gasteiger partial charge is 0.251 e. The Morgan fingerprint density at radius 3 is 2.68 bits per heavy atom. The van der Waals surface area contributed by atoms with Crippen LogP contribution in [0, 0.1) is 5.41 Å². The first-order valence-corrected chi connectivity index (χ1v) is 7.21. The third-order valence-electron chi connectivity index (χ3n) is 4.13. The third kappa shape index (κ3) is 3.57. The van der Waals surface area contributed by atoms with Crippen molar-refractivity contribution in [3.05, 3.63) is 35.4 Å². The molecule has 0 saturated carbocycles. The molecule has 3 heteroatoms. The fraction of sp³-hybridized carbons (Fsp3) is 0.562. The third-order valence-corrected chi connectivity index (χ3v) is 4.13. The monoisotopic (exact) mass is 260 g/mol. The van der Waals surface area contributed by atoms with Crippen LogP contribution in [0.2, 0.25) is 0 Å². The van der Waals surface area contributed by atoms with Crippen LogP contribution in [0.5, 0.6) is 0 Å². The number of hydrogen-bond donors (Lipinski definition) is 2. The molecule has 0 spiro atoms. The maximum absolute atomic E-state index is 12.3. The molecule has 0 aromatic heterocycles. The SMILES string of the molecule is CCc1ccccc1C(=O)NCC1(C)CCNCC1. The van der Waals surface area contributed by atoms with Crippen LogP contribution < -0.4 is 10.6 Å². The van der Waals surface area contributed by atoms with E-state index in [1.165, 1.54) is 0 Å². The zero-order valence-corrected chi connectivity index (χ0v) is 12.0. The first kappa shape index (κ1) is 14.1. The van der Waals surface area contributed by atoms with Gasteiger partial charge in [0.2, 0.25) is 0 Å². The van der Waals surface area contributed by atoms with Gasteiger partial charge in [-0.3, -0.25) is 4.79 Å². The van der Waals surface area contributed by atoms with Gasteiger partial charge in [0.15, 0.2) is 0 Å². The highest BCUT2D eigenvalue weighted by Gasteiger charge is 2.27. The summed E-state index contributed by atoms with van der Waals surface area (Å²) >= 11 is 0. The standard InChI is InChI=1S/C16H24N2O/c1-3-13-6-4-5-7-14(13)15(19)18-12-16(2)8-10-17-11-9-16/h4-7,17H,3,8-12H2,1-2H3,(H,18,19). The maximum Gasteiger partial charge on any atom is 0.251 e. The van der Waals surface area contributed by atoms with Gasteiger partial charge in [-0.25, -0.2) is 0 Å². The van der Waals surface area contributed by atoms with Crippen LogP contribution in [0.15, 0.2) is 24.3 Å². The average Bonchev–Trinajstić information content (AvgIpc) is 2.45. The van der Waals surface area contributed by atoms with Crippen molar-refractivity contribution in [3.63, 3.8) is 0 Å². The first-order valence-electron chi connectivity index (χ1n) is 7.21. The lowest BCUT2D eigenvalue weighted by atomic mass is 9.81. The van der Waals surface area contributed by atoms with E-state index in [-0.39, 0.29) is 11.3 Å². The molecule has 0 unspecified atom stereocenters. The first-order chi connectivity index (χ1) is 9.14. The molecule has 0 atom stereocenters. The van der Waals surface area contributed by atoms with E-state index in [4.69, 9.17) is 0 Å². The van der Waals surface area contributed by atoms with Gasteiger partial charge in [-0.15, -0.1) is 0 Å². The molecule has 1 aliphatic rings. The Morgan fingerprint density at radius 1 is 1.32 bits per heavy atom. The summed E-state index contributed by atoms with van der Waals surface area (Å²) in [5.41, 5.74) is 2.18. The Kier molecular flexibility index (Phi) is 4.59. The summed E-state index contributed by atoms with van der Waals surface area (Å²) < 4.78 is 0. The lowest BCUT2D eigenvalue weighted by Gasteiger charge is -2.34. The number of amides is 1. The van der Waals surface area contributed by atoms with Crippen LogP contribution in [0.4, 0.5) is 0 Å². The summed E-state index contributed by atoms with van der Waals surface area (Å²) in [6.07, 6.45) is 3.15. The molecule has 1 aromatic rings. The van der Waals surface area contributed by atoms with E-state index in [2.05, 4.69) is 24.5 Å². The quantitative estimate of drug-likeness (QED) is 0.872. The van der Waals surface area contributed by atoms with E-state index in [1.54, 1.807) is 0 Å². The van der Waals surface area contributed by atoms with Crippen molar-refractivity contribution in [2.24, 2.45) is 5.41 Å². The predicted octanol–water partition coefficient (Wildman–Crippen LogP) is 2.37. The molecule has 0 radical (unpaired) electrons. The molecule has 1 heterocycles. The van der Waals surface area contributed by atoms with Gasteiger partial charge in [-0.05, 0) is 49.4 Å². The summed E-state index contributed by atoms with van der Waals surface area (Å²) in [5, 5.41) is 6.48. The molecular formula is C16H24N2O. The van der Waals surface area contributed by atoms with E-state index in [1.807, 2.05) is 24.3 Å². The molecular weight excluding hydrogens is 236 g/mol. The molecule has 2 rings (SSSR count). The molecule has 1 saturated heterocycles. The average molecular weight is 260 g/mol. The molecule has 3 nitrogen and oxygen atoms in total. The second-order valence-corrected chi connectivity index (χ2v) is 5.75. The highest BCUT2D eigenvalue weighted by atomic mass is 16.1. The Bertz CT molecular complexity index is 436. The normalized spacial score (nSPS) is 18.0. The highest BCUT2D eigenvalue weighted by molar-refractivity contribution is 5.95. The highest BCUT2D eigenvalue weighted by Crippen LogP contribution is 2.26. The van der Waals surface area contributed by atoms with Crippen LogP contribution in [-0.4, -0.2) is 25.5 Å². The van der Waals surface area contributed by atoms with Crippen molar-refractivity contribution in [1.82, 2.24) is 10.6 Å². The molecule has 104 valence electrons. The van der Waals surface area contributed by atoms with Crippen molar-refractivity contribution in [2.75, 3.05) is 19.6 Å². The van der Waals surface area contributed by atoms with Gasteiger partial charge in [0.25, 0.3) is 5.91 Å². The van der Waals surface area contributed by atoms with E-state index in [0.717, 1.165) is 50.0 Å². The van der Waals surface area contributed by atoms with Crippen molar-refractivity contribution in [3.8, 4) is 0 Å². The summed E-state index contributed by atoms with van der Waals surface area (Å²) in [5.74, 6) is 0.0669.